The van der Waals surface area contributed by atoms with Crippen LogP contribution >= 0.6 is 27.3 Å². The predicted octanol–water partition coefficient (Wildman–Crippen LogP) is 5.14. The molecule has 182 valence electrons. The summed E-state index contributed by atoms with van der Waals surface area (Å²) >= 11 is 5.27. The molecule has 0 saturated carbocycles. The van der Waals surface area contributed by atoms with Crippen LogP contribution in [-0.4, -0.2) is 65.3 Å². The van der Waals surface area contributed by atoms with Crippen molar-refractivity contribution in [3.63, 3.8) is 0 Å². The van der Waals surface area contributed by atoms with Gasteiger partial charge in [-0.15, -0.1) is 11.3 Å². The highest BCUT2D eigenvalue weighted by atomic mass is 79.9. The average molecular weight is 553 g/mol. The molecule has 1 aromatic heterocycles. The van der Waals surface area contributed by atoms with E-state index in [0.717, 1.165) is 17.4 Å². The molecule has 0 radical (unpaired) electrons. The van der Waals surface area contributed by atoms with Crippen LogP contribution in [0.4, 0.5) is 0 Å². The van der Waals surface area contributed by atoms with Gasteiger partial charge in [0.25, 0.3) is 5.91 Å². The van der Waals surface area contributed by atoms with Gasteiger partial charge in [-0.05, 0) is 61.0 Å². The Kier molecular flexibility index (Phi) is 7.09. The van der Waals surface area contributed by atoms with Crippen molar-refractivity contribution >= 4 is 39.1 Å². The first-order chi connectivity index (χ1) is 16.9. The Morgan fingerprint density at radius 3 is 2.60 bits per heavy atom. The van der Waals surface area contributed by atoms with E-state index in [2.05, 4.69) is 63.5 Å². The lowest BCUT2D eigenvalue weighted by Crippen LogP contribution is -2.57. The quantitative estimate of drug-likeness (QED) is 0.451. The number of thiophene rings is 1. The average Bonchev–Trinajstić information content (AvgIpc) is 3.33. The number of hydrogen-bond acceptors (Lipinski definition) is 4. The van der Waals surface area contributed by atoms with Crippen LogP contribution in [0.2, 0.25) is 0 Å². The molecule has 2 aliphatic rings. The molecule has 2 unspecified atom stereocenters. The second-order valence-electron chi connectivity index (χ2n) is 9.53. The molecular formula is C28H30BrN3O2S. The molecule has 3 heterocycles. The lowest BCUT2D eigenvalue weighted by atomic mass is 9.92. The van der Waals surface area contributed by atoms with Gasteiger partial charge in [0, 0.05) is 47.1 Å². The second-order valence-corrected chi connectivity index (χ2v) is 11.4. The van der Waals surface area contributed by atoms with E-state index in [4.69, 9.17) is 0 Å². The van der Waals surface area contributed by atoms with Gasteiger partial charge in [-0.25, -0.2) is 0 Å². The van der Waals surface area contributed by atoms with E-state index >= 15 is 0 Å². The predicted molar refractivity (Wildman–Crippen MR) is 144 cm³/mol. The van der Waals surface area contributed by atoms with E-state index < -0.39 is 0 Å². The second kappa shape index (κ2) is 10.2. The molecule has 3 aromatic rings. The topological polar surface area (TPSA) is 43.9 Å². The minimum atomic E-state index is -0.0306. The van der Waals surface area contributed by atoms with Crippen LogP contribution in [0.3, 0.4) is 0 Å². The van der Waals surface area contributed by atoms with Crippen molar-refractivity contribution in [3.8, 4) is 0 Å². The lowest BCUT2D eigenvalue weighted by molar-refractivity contribution is -0.135. The standard InChI is InChI=1S/C28H30BrN3O2S/c1-19-6-8-21(9-7-19)27-24-11-15-35-25(24)10-12-31(27)18-26(33)30-13-14-32(20(2)17-30)28(34)22-4-3-5-23(29)16-22/h3-9,11,15-16,20,27H,10,12-14,17-18H2,1-2H3. The summed E-state index contributed by atoms with van der Waals surface area (Å²) in [5.74, 6) is 0.161. The third kappa shape index (κ3) is 5.08. The van der Waals surface area contributed by atoms with Gasteiger partial charge in [0.05, 0.1) is 12.6 Å². The summed E-state index contributed by atoms with van der Waals surface area (Å²) in [7, 11) is 0. The van der Waals surface area contributed by atoms with E-state index in [9.17, 15) is 9.59 Å². The summed E-state index contributed by atoms with van der Waals surface area (Å²) in [6, 6.07) is 18.5. The summed E-state index contributed by atoms with van der Waals surface area (Å²) < 4.78 is 0.892. The third-order valence-electron chi connectivity index (χ3n) is 7.11. The number of benzene rings is 2. The fraction of sp³-hybridized carbons (Fsp3) is 0.357. The van der Waals surface area contributed by atoms with Crippen molar-refractivity contribution in [1.29, 1.82) is 0 Å². The van der Waals surface area contributed by atoms with Crippen LogP contribution in [0.15, 0.2) is 64.5 Å². The maximum atomic E-state index is 13.5. The van der Waals surface area contributed by atoms with Gasteiger partial charge in [0.1, 0.15) is 0 Å². The number of rotatable bonds is 4. The van der Waals surface area contributed by atoms with E-state index in [1.165, 1.54) is 21.6 Å². The van der Waals surface area contributed by atoms with Crippen LogP contribution in [-0.2, 0) is 11.2 Å². The summed E-state index contributed by atoms with van der Waals surface area (Å²) in [6.45, 7) is 7.07. The zero-order valence-electron chi connectivity index (χ0n) is 20.1. The van der Waals surface area contributed by atoms with Gasteiger partial charge >= 0.3 is 0 Å². The summed E-state index contributed by atoms with van der Waals surface area (Å²) in [4.78, 5) is 34.1. The molecule has 2 aromatic carbocycles. The number of halogens is 1. The molecule has 1 saturated heterocycles. The molecule has 35 heavy (non-hydrogen) atoms. The van der Waals surface area contributed by atoms with Crippen molar-refractivity contribution in [2.45, 2.75) is 32.4 Å². The van der Waals surface area contributed by atoms with Crippen molar-refractivity contribution in [2.75, 3.05) is 32.7 Å². The fourth-order valence-electron chi connectivity index (χ4n) is 5.22. The molecule has 2 amide bonds. The molecule has 0 bridgehead atoms. The molecule has 2 atom stereocenters. The van der Waals surface area contributed by atoms with E-state index in [1.54, 1.807) is 0 Å². The van der Waals surface area contributed by atoms with Gasteiger partial charge in [0.15, 0.2) is 0 Å². The first-order valence-corrected chi connectivity index (χ1v) is 13.8. The number of nitrogens with zero attached hydrogens (tertiary/aromatic N) is 3. The minimum Gasteiger partial charge on any atom is -0.338 e. The maximum absolute atomic E-state index is 13.5. The Labute approximate surface area is 219 Å². The highest BCUT2D eigenvalue weighted by molar-refractivity contribution is 9.10. The number of amides is 2. The summed E-state index contributed by atoms with van der Waals surface area (Å²) in [5, 5.41) is 2.17. The van der Waals surface area contributed by atoms with E-state index in [0.29, 0.717) is 31.7 Å². The first-order valence-electron chi connectivity index (χ1n) is 12.1. The van der Waals surface area contributed by atoms with Gasteiger partial charge in [0.2, 0.25) is 5.91 Å². The summed E-state index contributed by atoms with van der Waals surface area (Å²) in [6.07, 6.45) is 0.980. The zero-order valence-corrected chi connectivity index (χ0v) is 22.5. The molecule has 7 heteroatoms. The van der Waals surface area contributed by atoms with Gasteiger partial charge < -0.3 is 9.80 Å². The number of carbonyl (C=O) groups excluding carboxylic acids is 2. The Hall–Kier alpha value is -2.48. The number of piperazine rings is 1. The molecule has 5 nitrogen and oxygen atoms in total. The largest absolute Gasteiger partial charge is 0.338 e. The summed E-state index contributed by atoms with van der Waals surface area (Å²) in [5.41, 5.74) is 4.48. The highest BCUT2D eigenvalue weighted by Gasteiger charge is 2.34. The molecule has 1 fully saturated rings. The van der Waals surface area contributed by atoms with Crippen LogP contribution < -0.4 is 0 Å². The maximum Gasteiger partial charge on any atom is 0.254 e. The zero-order chi connectivity index (χ0) is 24.5. The highest BCUT2D eigenvalue weighted by Crippen LogP contribution is 2.37. The third-order valence-corrected chi connectivity index (χ3v) is 8.60. The SMILES string of the molecule is Cc1ccc(C2c3ccsc3CCN2CC(=O)N2CCN(C(=O)c3cccc(Br)c3)C(C)C2)cc1. The van der Waals surface area contributed by atoms with Gasteiger partial charge in [-0.1, -0.05) is 51.8 Å². The van der Waals surface area contributed by atoms with Gasteiger partial charge in [-0.3, -0.25) is 14.5 Å². The first kappa shape index (κ1) is 24.2. The lowest BCUT2D eigenvalue weighted by Gasteiger charge is -2.42. The van der Waals surface area contributed by atoms with Crippen molar-refractivity contribution in [2.24, 2.45) is 0 Å². The smallest absolute Gasteiger partial charge is 0.254 e. The molecule has 5 rings (SSSR count). The van der Waals surface area contributed by atoms with Crippen molar-refractivity contribution in [3.05, 3.63) is 91.6 Å². The van der Waals surface area contributed by atoms with E-state index in [-0.39, 0.29) is 23.9 Å². The Morgan fingerprint density at radius 2 is 1.86 bits per heavy atom. The Morgan fingerprint density at radius 1 is 1.06 bits per heavy atom. The van der Waals surface area contributed by atoms with Gasteiger partial charge in [-0.2, -0.15) is 0 Å². The Bertz CT molecular complexity index is 1220. The molecule has 0 aliphatic carbocycles. The van der Waals surface area contributed by atoms with Crippen molar-refractivity contribution in [1.82, 2.24) is 14.7 Å². The normalized spacial score (nSPS) is 20.5. The monoisotopic (exact) mass is 551 g/mol. The number of hydrogen-bond donors (Lipinski definition) is 0. The number of fused-ring (bicyclic) bond motifs is 1. The van der Waals surface area contributed by atoms with Crippen LogP contribution in [0.25, 0.3) is 0 Å². The van der Waals surface area contributed by atoms with Crippen molar-refractivity contribution < 1.29 is 9.59 Å². The molecule has 2 aliphatic heterocycles. The van der Waals surface area contributed by atoms with Crippen LogP contribution in [0.5, 0.6) is 0 Å². The van der Waals surface area contributed by atoms with Crippen LogP contribution in [0, 0.1) is 6.92 Å². The fourth-order valence-corrected chi connectivity index (χ4v) is 6.53. The van der Waals surface area contributed by atoms with Crippen LogP contribution in [0.1, 0.15) is 44.9 Å². The minimum absolute atomic E-state index is 0.0198. The molecule has 0 N–H and O–H groups in total. The number of aryl methyl sites for hydroxylation is 1. The Balaban J connectivity index is 1.28. The molecule has 0 spiro atoms. The molecular weight excluding hydrogens is 522 g/mol. The van der Waals surface area contributed by atoms with E-state index in [1.807, 2.05) is 52.3 Å². The number of carbonyl (C=O) groups is 2.